The van der Waals surface area contributed by atoms with Crippen molar-refractivity contribution in [3.05, 3.63) is 20.8 Å². The topological polar surface area (TPSA) is 38.3 Å². The number of carbonyl (C=O) groups excluding carboxylic acids is 1. The van der Waals surface area contributed by atoms with Crippen LogP contribution in [-0.2, 0) is 16.1 Å². The van der Waals surface area contributed by atoms with E-state index in [1.54, 1.807) is 18.3 Å². The Labute approximate surface area is 95.6 Å². The van der Waals surface area contributed by atoms with Crippen LogP contribution >= 0.6 is 27.3 Å². The summed E-state index contributed by atoms with van der Waals surface area (Å²) in [7, 11) is 1.39. The minimum Gasteiger partial charge on any atom is -0.468 e. The van der Waals surface area contributed by atoms with Crippen LogP contribution in [0.15, 0.2) is 15.9 Å². The molecule has 1 rings (SSSR count). The molecule has 0 radical (unpaired) electrons. The van der Waals surface area contributed by atoms with Crippen LogP contribution in [0, 0.1) is 0 Å². The Morgan fingerprint density at radius 2 is 2.50 bits per heavy atom. The fraction of sp³-hybridized carbons (Fsp3) is 0.444. The molecule has 0 aliphatic carbocycles. The van der Waals surface area contributed by atoms with Crippen LogP contribution in [0.1, 0.15) is 11.8 Å². The largest absolute Gasteiger partial charge is 0.468 e. The van der Waals surface area contributed by atoms with Crippen molar-refractivity contribution in [3.63, 3.8) is 0 Å². The molecule has 78 valence electrons. The Morgan fingerprint density at radius 1 is 1.79 bits per heavy atom. The van der Waals surface area contributed by atoms with Gasteiger partial charge in [0.25, 0.3) is 0 Å². The first kappa shape index (κ1) is 11.7. The summed E-state index contributed by atoms with van der Waals surface area (Å²) in [6, 6.07) is 1.77. The number of carbonyl (C=O) groups is 1. The molecule has 0 fully saturated rings. The van der Waals surface area contributed by atoms with Crippen LogP contribution < -0.4 is 5.32 Å². The Balaban J connectivity index is 2.37. The quantitative estimate of drug-likeness (QED) is 0.858. The Kier molecular flexibility index (Phi) is 4.57. The molecule has 1 aromatic heterocycles. The van der Waals surface area contributed by atoms with Gasteiger partial charge in [0.05, 0.1) is 7.11 Å². The second-order valence-corrected chi connectivity index (χ2v) is 4.77. The molecule has 1 N–H and O–H groups in total. The molecule has 0 aliphatic rings. The number of methoxy groups -OCH3 is 1. The summed E-state index contributed by atoms with van der Waals surface area (Å²) in [4.78, 5) is 12.2. The number of esters is 1. The maximum atomic E-state index is 11.0. The van der Waals surface area contributed by atoms with Crippen LogP contribution in [-0.4, -0.2) is 19.1 Å². The molecule has 1 heterocycles. The minimum absolute atomic E-state index is 0.236. The van der Waals surface area contributed by atoms with Gasteiger partial charge in [-0.25, -0.2) is 0 Å². The zero-order valence-electron chi connectivity index (χ0n) is 8.04. The molecule has 0 saturated heterocycles. The van der Waals surface area contributed by atoms with Gasteiger partial charge in [0, 0.05) is 21.3 Å². The van der Waals surface area contributed by atoms with Gasteiger partial charge < -0.3 is 4.74 Å². The van der Waals surface area contributed by atoms with Crippen molar-refractivity contribution < 1.29 is 9.53 Å². The van der Waals surface area contributed by atoms with Crippen LogP contribution in [0.3, 0.4) is 0 Å². The first-order valence-electron chi connectivity index (χ1n) is 4.17. The monoisotopic (exact) mass is 277 g/mol. The molecule has 0 saturated carbocycles. The van der Waals surface area contributed by atoms with E-state index < -0.39 is 0 Å². The van der Waals surface area contributed by atoms with Crippen molar-refractivity contribution in [2.45, 2.75) is 19.5 Å². The normalized spacial score (nSPS) is 12.5. The summed E-state index contributed by atoms with van der Waals surface area (Å²) in [6.07, 6.45) is 0. The predicted molar refractivity (Wildman–Crippen MR) is 60.3 cm³/mol. The van der Waals surface area contributed by atoms with E-state index >= 15 is 0 Å². The van der Waals surface area contributed by atoms with Crippen LogP contribution in [0.2, 0.25) is 0 Å². The lowest BCUT2D eigenvalue weighted by atomic mass is 10.3. The zero-order chi connectivity index (χ0) is 10.6. The highest BCUT2D eigenvalue weighted by Crippen LogP contribution is 2.19. The third-order valence-electron chi connectivity index (χ3n) is 1.76. The summed E-state index contributed by atoms with van der Waals surface area (Å²) in [5.74, 6) is -0.236. The van der Waals surface area contributed by atoms with Gasteiger partial charge in [-0.2, -0.15) is 0 Å². The fourth-order valence-corrected chi connectivity index (χ4v) is 2.36. The lowest BCUT2D eigenvalue weighted by molar-refractivity contribution is -0.142. The predicted octanol–water partition coefficient (Wildman–Crippen LogP) is 2.16. The molecule has 1 aromatic rings. The van der Waals surface area contributed by atoms with Crippen molar-refractivity contribution in [1.82, 2.24) is 5.32 Å². The molecule has 3 nitrogen and oxygen atoms in total. The van der Waals surface area contributed by atoms with E-state index in [9.17, 15) is 4.79 Å². The van der Waals surface area contributed by atoms with Gasteiger partial charge in [-0.05, 0) is 28.9 Å². The molecule has 5 heteroatoms. The molecule has 0 bridgehead atoms. The zero-order valence-corrected chi connectivity index (χ0v) is 10.4. The molecule has 0 unspecified atom stereocenters. The number of hydrogen-bond acceptors (Lipinski definition) is 4. The molecular weight excluding hydrogens is 266 g/mol. The standard InChI is InChI=1S/C9H12BrNO2S/c1-6(9(12)13-2)11-4-8-3-7(10)5-14-8/h3,5-6,11H,4H2,1-2H3/t6-/m0/s1. The van der Waals surface area contributed by atoms with Crippen LogP contribution in [0.4, 0.5) is 0 Å². The highest BCUT2D eigenvalue weighted by Gasteiger charge is 2.11. The van der Waals surface area contributed by atoms with Crippen LogP contribution in [0.5, 0.6) is 0 Å². The minimum atomic E-state index is -0.263. The number of hydrogen-bond donors (Lipinski definition) is 1. The second-order valence-electron chi connectivity index (χ2n) is 2.86. The summed E-state index contributed by atoms with van der Waals surface area (Å²) >= 11 is 5.02. The third-order valence-corrected chi connectivity index (χ3v) is 3.46. The molecule has 0 aliphatic heterocycles. The van der Waals surface area contributed by atoms with E-state index in [1.165, 1.54) is 12.0 Å². The number of rotatable bonds is 4. The van der Waals surface area contributed by atoms with Gasteiger partial charge in [-0.3, -0.25) is 10.1 Å². The summed E-state index contributed by atoms with van der Waals surface area (Å²) in [5.41, 5.74) is 0. The molecule has 0 aromatic carbocycles. The average Bonchev–Trinajstić information content (AvgIpc) is 2.59. The van der Waals surface area contributed by atoms with Crippen molar-refractivity contribution in [2.24, 2.45) is 0 Å². The fourth-order valence-electron chi connectivity index (χ4n) is 0.960. The first-order valence-corrected chi connectivity index (χ1v) is 5.85. The van der Waals surface area contributed by atoms with E-state index in [2.05, 4.69) is 26.0 Å². The Hall–Kier alpha value is -0.390. The summed E-state index contributed by atoms with van der Waals surface area (Å²) < 4.78 is 5.67. The third kappa shape index (κ3) is 3.40. The van der Waals surface area contributed by atoms with Gasteiger partial charge in [-0.15, -0.1) is 11.3 Å². The SMILES string of the molecule is COC(=O)[C@H](C)NCc1cc(Br)cs1. The average molecular weight is 278 g/mol. The molecule has 14 heavy (non-hydrogen) atoms. The summed E-state index contributed by atoms with van der Waals surface area (Å²) in [5, 5.41) is 5.09. The Bertz CT molecular complexity index is 314. The van der Waals surface area contributed by atoms with Crippen LogP contribution in [0.25, 0.3) is 0 Å². The maximum absolute atomic E-state index is 11.0. The Morgan fingerprint density at radius 3 is 3.00 bits per heavy atom. The van der Waals surface area contributed by atoms with Gasteiger partial charge in [0.1, 0.15) is 6.04 Å². The highest BCUT2D eigenvalue weighted by molar-refractivity contribution is 9.10. The van der Waals surface area contributed by atoms with E-state index in [-0.39, 0.29) is 12.0 Å². The molecule has 1 atom stereocenters. The van der Waals surface area contributed by atoms with Crippen molar-refractivity contribution >= 4 is 33.2 Å². The van der Waals surface area contributed by atoms with E-state index in [0.29, 0.717) is 6.54 Å². The van der Waals surface area contributed by atoms with Gasteiger partial charge in [0.2, 0.25) is 0 Å². The maximum Gasteiger partial charge on any atom is 0.322 e. The molecule has 0 spiro atoms. The number of ether oxygens (including phenoxy) is 1. The second kappa shape index (κ2) is 5.48. The summed E-state index contributed by atoms with van der Waals surface area (Å²) in [6.45, 7) is 2.47. The lowest BCUT2D eigenvalue weighted by Gasteiger charge is -2.09. The highest BCUT2D eigenvalue weighted by atomic mass is 79.9. The van der Waals surface area contributed by atoms with Crippen molar-refractivity contribution in [1.29, 1.82) is 0 Å². The first-order chi connectivity index (χ1) is 6.63. The van der Waals surface area contributed by atoms with Crippen molar-refractivity contribution in [3.8, 4) is 0 Å². The number of nitrogens with one attached hydrogen (secondary N) is 1. The molecule has 0 amide bonds. The number of halogens is 1. The van der Waals surface area contributed by atoms with Gasteiger partial charge in [0.15, 0.2) is 0 Å². The molecular formula is C9H12BrNO2S. The van der Waals surface area contributed by atoms with Gasteiger partial charge in [-0.1, -0.05) is 0 Å². The van der Waals surface area contributed by atoms with Gasteiger partial charge >= 0.3 is 5.97 Å². The number of thiophene rings is 1. The van der Waals surface area contributed by atoms with E-state index in [0.717, 1.165) is 4.47 Å². The smallest absolute Gasteiger partial charge is 0.322 e. The van der Waals surface area contributed by atoms with E-state index in [4.69, 9.17) is 0 Å². The lowest BCUT2D eigenvalue weighted by Crippen LogP contribution is -2.34. The van der Waals surface area contributed by atoms with E-state index in [1.807, 2.05) is 11.4 Å². The van der Waals surface area contributed by atoms with Crippen molar-refractivity contribution in [2.75, 3.05) is 7.11 Å².